The minimum absolute atomic E-state index is 0.00813. The van der Waals surface area contributed by atoms with Gasteiger partial charge in [0.05, 0.1) is 6.04 Å². The summed E-state index contributed by atoms with van der Waals surface area (Å²) in [6.45, 7) is 0.162. The molecule has 35 heavy (non-hydrogen) atoms. The molecule has 3 heterocycles. The first-order valence-corrected chi connectivity index (χ1v) is 12.0. The van der Waals surface area contributed by atoms with Crippen molar-refractivity contribution in [2.75, 3.05) is 12.1 Å². The Morgan fingerprint density at radius 2 is 1.77 bits per heavy atom. The number of carbonyl (C=O) groups excluding carboxylic acids is 2. The number of hydrogen-bond donors (Lipinski definition) is 0. The van der Waals surface area contributed by atoms with E-state index in [2.05, 4.69) is 5.01 Å². The van der Waals surface area contributed by atoms with Crippen LogP contribution in [0.4, 0.5) is 0 Å². The zero-order chi connectivity index (χ0) is 24.5. The summed E-state index contributed by atoms with van der Waals surface area (Å²) >= 11 is 6.64. The summed E-state index contributed by atoms with van der Waals surface area (Å²) in [5.41, 5.74) is 1.59. The fraction of sp³-hybridized carbons (Fsp3) is 0.296. The van der Waals surface area contributed by atoms with Crippen molar-refractivity contribution in [3.05, 3.63) is 98.9 Å². The molecule has 2 aromatic carbocycles. The third-order valence-electron chi connectivity index (χ3n) is 6.94. The number of ether oxygens (including phenoxy) is 1. The van der Waals surface area contributed by atoms with Gasteiger partial charge >= 0.3 is 0 Å². The number of piperidine rings is 1. The van der Waals surface area contributed by atoms with Crippen LogP contribution in [-0.2, 0) is 11.4 Å². The predicted octanol–water partition coefficient (Wildman–Crippen LogP) is 4.17. The minimum Gasteiger partial charge on any atom is -0.482 e. The highest BCUT2D eigenvalue weighted by Gasteiger charge is 2.47. The third kappa shape index (κ3) is 4.10. The summed E-state index contributed by atoms with van der Waals surface area (Å²) in [6, 6.07) is 18.2. The van der Waals surface area contributed by atoms with E-state index in [4.69, 9.17) is 16.3 Å². The van der Waals surface area contributed by atoms with Crippen molar-refractivity contribution in [2.24, 2.45) is 5.92 Å². The number of benzene rings is 2. The fourth-order valence-electron chi connectivity index (χ4n) is 5.25. The number of aldehydes is 1. The second-order valence-electron chi connectivity index (χ2n) is 8.96. The summed E-state index contributed by atoms with van der Waals surface area (Å²) < 4.78 is 7.70. The van der Waals surface area contributed by atoms with E-state index in [1.165, 1.54) is 6.07 Å². The molecule has 180 valence electrons. The lowest BCUT2D eigenvalue weighted by Crippen LogP contribution is -2.64. The quantitative estimate of drug-likeness (QED) is 0.484. The number of fused-ring (bicyclic) bond motifs is 3. The van der Waals surface area contributed by atoms with Gasteiger partial charge in [-0.25, -0.2) is 0 Å². The Bertz CT molecular complexity index is 1310. The molecule has 1 saturated heterocycles. The Kier molecular flexibility index (Phi) is 6.34. The van der Waals surface area contributed by atoms with Crippen molar-refractivity contribution in [1.82, 2.24) is 9.58 Å². The molecule has 3 unspecified atom stereocenters. The van der Waals surface area contributed by atoms with Gasteiger partial charge < -0.3 is 14.4 Å². The SMILES string of the molecule is CN1C(=O)c2c(OCc3ccccc3)c(=O)ccn2N2C(c3ccccc3Cl)C(CC=O)CCC12. The zero-order valence-electron chi connectivity index (χ0n) is 19.3. The van der Waals surface area contributed by atoms with Crippen LogP contribution in [0.15, 0.2) is 71.7 Å². The van der Waals surface area contributed by atoms with Crippen LogP contribution >= 0.6 is 11.6 Å². The van der Waals surface area contributed by atoms with E-state index in [-0.39, 0.29) is 47.5 Å². The fourth-order valence-corrected chi connectivity index (χ4v) is 5.50. The van der Waals surface area contributed by atoms with Gasteiger partial charge in [-0.1, -0.05) is 60.1 Å². The Morgan fingerprint density at radius 1 is 1.03 bits per heavy atom. The molecule has 0 spiro atoms. The normalized spacial score (nSPS) is 21.3. The molecule has 0 aliphatic carbocycles. The third-order valence-corrected chi connectivity index (χ3v) is 7.28. The average Bonchev–Trinajstić information content (AvgIpc) is 2.87. The largest absolute Gasteiger partial charge is 0.482 e. The molecule has 2 aliphatic heterocycles. The van der Waals surface area contributed by atoms with Crippen LogP contribution < -0.4 is 15.2 Å². The molecule has 2 aliphatic rings. The first-order chi connectivity index (χ1) is 17.0. The number of rotatable bonds is 6. The van der Waals surface area contributed by atoms with Gasteiger partial charge in [0.2, 0.25) is 5.43 Å². The smallest absolute Gasteiger partial charge is 0.277 e. The monoisotopic (exact) mass is 491 g/mol. The van der Waals surface area contributed by atoms with Crippen molar-refractivity contribution in [3.63, 3.8) is 0 Å². The lowest BCUT2D eigenvalue weighted by molar-refractivity contribution is -0.109. The molecule has 7 nitrogen and oxygen atoms in total. The highest BCUT2D eigenvalue weighted by atomic mass is 35.5. The first kappa shape index (κ1) is 23.2. The van der Waals surface area contributed by atoms with Gasteiger partial charge in [0.15, 0.2) is 11.4 Å². The summed E-state index contributed by atoms with van der Waals surface area (Å²) in [5.74, 6) is -0.271. The second-order valence-corrected chi connectivity index (χ2v) is 9.37. The van der Waals surface area contributed by atoms with Crippen molar-refractivity contribution in [3.8, 4) is 5.75 Å². The molecular formula is C27H26ClN3O4. The summed E-state index contributed by atoms with van der Waals surface area (Å²) in [4.78, 5) is 39.7. The lowest BCUT2D eigenvalue weighted by Gasteiger charge is -2.54. The number of halogens is 1. The van der Waals surface area contributed by atoms with E-state index in [1.54, 1.807) is 22.8 Å². The van der Waals surface area contributed by atoms with Crippen LogP contribution in [0.25, 0.3) is 0 Å². The molecule has 0 radical (unpaired) electrons. The van der Waals surface area contributed by atoms with Crippen molar-refractivity contribution in [1.29, 1.82) is 0 Å². The van der Waals surface area contributed by atoms with Gasteiger partial charge in [-0.3, -0.25) is 19.3 Å². The molecule has 1 amide bonds. The lowest BCUT2D eigenvalue weighted by atomic mass is 9.82. The first-order valence-electron chi connectivity index (χ1n) is 11.7. The van der Waals surface area contributed by atoms with Crippen molar-refractivity contribution in [2.45, 2.75) is 38.1 Å². The highest BCUT2D eigenvalue weighted by Crippen LogP contribution is 2.44. The number of amides is 1. The second kappa shape index (κ2) is 9.58. The van der Waals surface area contributed by atoms with Gasteiger partial charge in [-0.15, -0.1) is 0 Å². The average molecular weight is 492 g/mol. The van der Waals surface area contributed by atoms with Crippen molar-refractivity contribution >= 4 is 23.8 Å². The number of nitrogens with zero attached hydrogens (tertiary/aromatic N) is 3. The Labute approximate surface area is 208 Å². The van der Waals surface area contributed by atoms with Crippen LogP contribution in [-0.4, -0.2) is 35.0 Å². The Hall–Kier alpha value is -3.58. The molecule has 0 bridgehead atoms. The van der Waals surface area contributed by atoms with E-state index < -0.39 is 0 Å². The Balaban J connectivity index is 1.65. The molecule has 0 saturated carbocycles. The zero-order valence-corrected chi connectivity index (χ0v) is 20.1. The summed E-state index contributed by atoms with van der Waals surface area (Å²) in [6.07, 6.45) is 4.12. The maximum Gasteiger partial charge on any atom is 0.277 e. The van der Waals surface area contributed by atoms with Crippen LogP contribution in [0, 0.1) is 5.92 Å². The van der Waals surface area contributed by atoms with Crippen molar-refractivity contribution < 1.29 is 14.3 Å². The summed E-state index contributed by atoms with van der Waals surface area (Å²) in [5, 5.41) is 2.67. The van der Waals surface area contributed by atoms with E-state index >= 15 is 0 Å². The molecule has 1 fully saturated rings. The van der Waals surface area contributed by atoms with Crippen LogP contribution in [0.3, 0.4) is 0 Å². The molecule has 8 heteroatoms. The van der Waals surface area contributed by atoms with E-state index in [1.807, 2.05) is 54.6 Å². The van der Waals surface area contributed by atoms with Gasteiger partial charge in [-0.2, -0.15) is 0 Å². The highest BCUT2D eigenvalue weighted by molar-refractivity contribution is 6.31. The van der Waals surface area contributed by atoms with Gasteiger partial charge in [-0.05, 0) is 36.0 Å². The number of carbonyl (C=O) groups is 2. The van der Waals surface area contributed by atoms with Crippen LogP contribution in [0.2, 0.25) is 5.02 Å². The molecular weight excluding hydrogens is 466 g/mol. The van der Waals surface area contributed by atoms with Gasteiger partial charge in [0, 0.05) is 30.8 Å². The Morgan fingerprint density at radius 3 is 2.51 bits per heavy atom. The number of aromatic nitrogens is 1. The van der Waals surface area contributed by atoms with E-state index in [0.717, 1.165) is 23.8 Å². The molecule has 5 rings (SSSR count). The standard InChI is InChI=1S/C27H26ClN3O4/c1-29-23-12-11-19(14-16-32)24(20-9-5-6-10-21(20)28)31(23)30-15-13-22(33)26(25(30)27(29)34)35-17-18-7-3-2-4-8-18/h2-10,13,15-16,19,23-24H,11-12,14,17H2,1H3. The molecule has 1 aromatic heterocycles. The van der Waals surface area contributed by atoms with Crippen LogP contribution in [0.5, 0.6) is 5.75 Å². The maximum atomic E-state index is 13.6. The van der Waals surface area contributed by atoms with Gasteiger partial charge in [0.25, 0.3) is 5.91 Å². The molecule has 3 aromatic rings. The van der Waals surface area contributed by atoms with E-state index in [0.29, 0.717) is 17.9 Å². The number of pyridine rings is 1. The van der Waals surface area contributed by atoms with E-state index in [9.17, 15) is 14.4 Å². The molecule has 3 atom stereocenters. The topological polar surface area (TPSA) is 71.8 Å². The minimum atomic E-state index is -0.358. The molecule has 0 N–H and O–H groups in total. The predicted molar refractivity (Wildman–Crippen MR) is 133 cm³/mol. The number of hydrogen-bond acceptors (Lipinski definition) is 5. The summed E-state index contributed by atoms with van der Waals surface area (Å²) in [7, 11) is 1.74. The van der Waals surface area contributed by atoms with Crippen LogP contribution in [0.1, 0.15) is 46.9 Å². The van der Waals surface area contributed by atoms with Gasteiger partial charge in [0.1, 0.15) is 19.1 Å². The maximum absolute atomic E-state index is 13.6.